The monoisotopic (exact) mass is 468 g/mol. The fourth-order valence-electron chi connectivity index (χ4n) is 4.10. The first kappa shape index (κ1) is 22.5. The van der Waals surface area contributed by atoms with Crippen molar-refractivity contribution in [3.8, 4) is 22.5 Å². The highest BCUT2D eigenvalue weighted by atomic mass is 19.1. The van der Waals surface area contributed by atoms with Gasteiger partial charge >= 0.3 is 0 Å². The molecule has 0 atom stereocenters. The zero-order chi connectivity index (χ0) is 24.9. The Morgan fingerprint density at radius 2 is 1.77 bits per heavy atom. The molecule has 5 aromatic rings. The SMILES string of the molecule is Cc1ccnc2ccc(-c3c(-c4ccc(F)cc4)nc(N)c4nc(C(=O)N(C)C(C)C)cn34)cc12. The lowest BCUT2D eigenvalue weighted by molar-refractivity contribution is 0.0749. The Morgan fingerprint density at radius 1 is 1.06 bits per heavy atom. The van der Waals surface area contributed by atoms with Gasteiger partial charge in [-0.3, -0.25) is 14.2 Å². The van der Waals surface area contributed by atoms with E-state index in [0.717, 1.165) is 22.0 Å². The molecule has 0 saturated carbocycles. The van der Waals surface area contributed by atoms with Gasteiger partial charge in [-0.2, -0.15) is 0 Å². The number of benzene rings is 2. The van der Waals surface area contributed by atoms with Crippen LogP contribution in [0.3, 0.4) is 0 Å². The van der Waals surface area contributed by atoms with E-state index in [1.807, 2.05) is 45.0 Å². The summed E-state index contributed by atoms with van der Waals surface area (Å²) in [5.74, 6) is -0.377. The number of nitrogens with zero attached hydrogens (tertiary/aromatic N) is 5. The number of amides is 1. The predicted molar refractivity (Wildman–Crippen MR) is 135 cm³/mol. The van der Waals surface area contributed by atoms with Crippen molar-refractivity contribution in [3.05, 3.63) is 78.0 Å². The Hall–Kier alpha value is -4.33. The minimum atomic E-state index is -0.344. The van der Waals surface area contributed by atoms with E-state index >= 15 is 0 Å². The Labute approximate surface area is 202 Å². The second-order valence-electron chi connectivity index (χ2n) is 8.89. The minimum Gasteiger partial charge on any atom is -0.381 e. The van der Waals surface area contributed by atoms with Crippen LogP contribution in [0.15, 0.2) is 60.9 Å². The zero-order valence-electron chi connectivity index (χ0n) is 20.0. The number of aromatic nitrogens is 4. The van der Waals surface area contributed by atoms with Gasteiger partial charge in [0.2, 0.25) is 0 Å². The maximum atomic E-state index is 13.7. The maximum Gasteiger partial charge on any atom is 0.274 e. The van der Waals surface area contributed by atoms with Crippen LogP contribution >= 0.6 is 0 Å². The average Bonchev–Trinajstić information content (AvgIpc) is 3.29. The first-order chi connectivity index (χ1) is 16.7. The van der Waals surface area contributed by atoms with E-state index in [2.05, 4.69) is 15.0 Å². The number of nitrogen functional groups attached to an aromatic ring is 1. The summed E-state index contributed by atoms with van der Waals surface area (Å²) >= 11 is 0. The van der Waals surface area contributed by atoms with Gasteiger partial charge in [0.1, 0.15) is 11.5 Å². The summed E-state index contributed by atoms with van der Waals surface area (Å²) in [4.78, 5) is 28.4. The molecular formula is C27H25FN6O. The molecule has 0 aliphatic heterocycles. The van der Waals surface area contributed by atoms with E-state index in [4.69, 9.17) is 5.73 Å². The second-order valence-corrected chi connectivity index (χ2v) is 8.89. The van der Waals surface area contributed by atoms with E-state index in [1.54, 1.807) is 40.9 Å². The molecule has 2 N–H and O–H groups in total. The van der Waals surface area contributed by atoms with Crippen LogP contribution in [-0.4, -0.2) is 43.2 Å². The standard InChI is InChI=1S/C27H25FN6O/c1-15(2)33(4)27(35)22-14-34-24(18-7-10-21-20(13-18)16(3)11-12-30-21)23(32-25(29)26(34)31-22)17-5-8-19(28)9-6-17/h5-15H,1-4H3,(H2,29,32). The molecule has 0 aliphatic carbocycles. The molecule has 7 nitrogen and oxygen atoms in total. The van der Waals surface area contributed by atoms with E-state index in [1.165, 1.54) is 12.1 Å². The zero-order valence-corrected chi connectivity index (χ0v) is 20.0. The third-order valence-electron chi connectivity index (χ3n) is 6.30. The van der Waals surface area contributed by atoms with E-state index < -0.39 is 0 Å². The van der Waals surface area contributed by atoms with Gasteiger partial charge in [-0.25, -0.2) is 14.4 Å². The smallest absolute Gasteiger partial charge is 0.274 e. The summed E-state index contributed by atoms with van der Waals surface area (Å²) in [6.07, 6.45) is 3.47. The molecule has 0 saturated heterocycles. The minimum absolute atomic E-state index is 0.00740. The van der Waals surface area contributed by atoms with Gasteiger partial charge in [-0.15, -0.1) is 0 Å². The number of hydrogen-bond donors (Lipinski definition) is 1. The number of hydrogen-bond acceptors (Lipinski definition) is 5. The lowest BCUT2D eigenvalue weighted by Crippen LogP contribution is -2.33. The van der Waals surface area contributed by atoms with Crippen molar-refractivity contribution in [2.45, 2.75) is 26.8 Å². The maximum absolute atomic E-state index is 13.7. The molecule has 0 aliphatic rings. The van der Waals surface area contributed by atoms with Crippen molar-refractivity contribution in [1.82, 2.24) is 24.3 Å². The van der Waals surface area contributed by atoms with Crippen molar-refractivity contribution >= 4 is 28.3 Å². The Kier molecular flexibility index (Phi) is 5.43. The molecule has 0 fully saturated rings. The first-order valence-corrected chi connectivity index (χ1v) is 11.3. The lowest BCUT2D eigenvalue weighted by Gasteiger charge is -2.19. The van der Waals surface area contributed by atoms with Gasteiger partial charge in [0.15, 0.2) is 11.5 Å². The van der Waals surface area contributed by atoms with Crippen LogP contribution in [0, 0.1) is 12.7 Å². The van der Waals surface area contributed by atoms with Crippen LogP contribution in [-0.2, 0) is 0 Å². The molecule has 35 heavy (non-hydrogen) atoms. The van der Waals surface area contributed by atoms with Gasteiger partial charge in [-0.05, 0) is 68.8 Å². The molecule has 8 heteroatoms. The number of carbonyl (C=O) groups excluding carboxylic acids is 1. The number of rotatable bonds is 4. The largest absolute Gasteiger partial charge is 0.381 e. The normalized spacial score (nSPS) is 11.5. The fourth-order valence-corrected chi connectivity index (χ4v) is 4.10. The number of pyridine rings is 1. The number of aryl methyl sites for hydroxylation is 1. The summed E-state index contributed by atoms with van der Waals surface area (Å²) in [5, 5.41) is 0.996. The van der Waals surface area contributed by atoms with Crippen LogP contribution in [0.5, 0.6) is 0 Å². The molecule has 0 unspecified atom stereocenters. The molecule has 3 aromatic heterocycles. The number of carbonyl (C=O) groups is 1. The molecule has 2 aromatic carbocycles. The summed E-state index contributed by atoms with van der Waals surface area (Å²) in [6, 6.07) is 14.0. The third-order valence-corrected chi connectivity index (χ3v) is 6.30. The Bertz CT molecular complexity index is 1590. The van der Waals surface area contributed by atoms with Gasteiger partial charge in [-0.1, -0.05) is 6.07 Å². The molecule has 5 rings (SSSR count). The van der Waals surface area contributed by atoms with Crippen molar-refractivity contribution in [3.63, 3.8) is 0 Å². The summed E-state index contributed by atoms with van der Waals surface area (Å²) in [7, 11) is 1.74. The quantitative estimate of drug-likeness (QED) is 0.395. The van der Waals surface area contributed by atoms with Crippen molar-refractivity contribution < 1.29 is 9.18 Å². The van der Waals surface area contributed by atoms with Gasteiger partial charge in [0.25, 0.3) is 5.91 Å². The summed E-state index contributed by atoms with van der Waals surface area (Å²) in [5.41, 5.74) is 11.7. The van der Waals surface area contributed by atoms with Crippen LogP contribution in [0.2, 0.25) is 0 Å². The second kappa shape index (κ2) is 8.47. The molecular weight excluding hydrogens is 443 g/mol. The topological polar surface area (TPSA) is 89.4 Å². The Balaban J connectivity index is 1.83. The van der Waals surface area contributed by atoms with Gasteiger partial charge in [0.05, 0.1) is 16.9 Å². The molecule has 0 spiro atoms. The van der Waals surface area contributed by atoms with Crippen LogP contribution in [0.25, 0.3) is 39.1 Å². The van der Waals surface area contributed by atoms with Crippen LogP contribution < -0.4 is 5.73 Å². The van der Waals surface area contributed by atoms with Crippen LogP contribution in [0.1, 0.15) is 29.9 Å². The molecule has 1 amide bonds. The van der Waals surface area contributed by atoms with Crippen LogP contribution in [0.4, 0.5) is 10.2 Å². The van der Waals surface area contributed by atoms with E-state index in [-0.39, 0.29) is 29.3 Å². The molecule has 0 bridgehead atoms. The first-order valence-electron chi connectivity index (χ1n) is 11.3. The van der Waals surface area contributed by atoms with Crippen molar-refractivity contribution in [1.29, 1.82) is 0 Å². The molecule has 0 radical (unpaired) electrons. The molecule has 176 valence electrons. The highest BCUT2D eigenvalue weighted by Gasteiger charge is 2.23. The predicted octanol–water partition coefficient (Wildman–Crippen LogP) is 5.12. The number of anilines is 1. The van der Waals surface area contributed by atoms with Crippen molar-refractivity contribution in [2.75, 3.05) is 12.8 Å². The van der Waals surface area contributed by atoms with E-state index in [0.29, 0.717) is 22.6 Å². The number of halogens is 1. The van der Waals surface area contributed by atoms with Crippen molar-refractivity contribution in [2.24, 2.45) is 0 Å². The lowest BCUT2D eigenvalue weighted by atomic mass is 10.0. The number of nitrogens with two attached hydrogens (primary N) is 1. The Morgan fingerprint density at radius 3 is 2.49 bits per heavy atom. The highest BCUT2D eigenvalue weighted by Crippen LogP contribution is 2.35. The number of fused-ring (bicyclic) bond motifs is 2. The van der Waals surface area contributed by atoms with Gasteiger partial charge in [0, 0.05) is 42.0 Å². The molecule has 3 heterocycles. The number of imidazole rings is 1. The summed E-state index contributed by atoms with van der Waals surface area (Å²) in [6.45, 7) is 5.90. The van der Waals surface area contributed by atoms with E-state index in [9.17, 15) is 9.18 Å². The van der Waals surface area contributed by atoms with Gasteiger partial charge < -0.3 is 10.6 Å². The fraction of sp³-hybridized carbons (Fsp3) is 0.185. The third kappa shape index (κ3) is 3.86. The summed E-state index contributed by atoms with van der Waals surface area (Å²) < 4.78 is 15.5. The average molecular weight is 469 g/mol. The highest BCUT2D eigenvalue weighted by molar-refractivity contribution is 5.95.